The van der Waals surface area contributed by atoms with Gasteiger partial charge in [0, 0.05) is 36.9 Å². The summed E-state index contributed by atoms with van der Waals surface area (Å²) in [5.41, 5.74) is 2.02. The molecule has 7 rings (SSSR count). The van der Waals surface area contributed by atoms with Crippen LogP contribution in [0.25, 0.3) is 11.0 Å². The Hall–Kier alpha value is -2.08. The van der Waals surface area contributed by atoms with Crippen molar-refractivity contribution < 1.29 is 9.90 Å². The molecule has 4 aliphatic carbocycles. The summed E-state index contributed by atoms with van der Waals surface area (Å²) < 4.78 is 0. The van der Waals surface area contributed by atoms with Crippen LogP contribution in [0.1, 0.15) is 61.7 Å². The number of pyridine rings is 1. The van der Waals surface area contributed by atoms with Crippen molar-refractivity contribution in [3.05, 3.63) is 24.0 Å². The van der Waals surface area contributed by atoms with Gasteiger partial charge in [0.15, 0.2) is 0 Å². The molecule has 0 aromatic carbocycles. The third kappa shape index (κ3) is 2.87. The van der Waals surface area contributed by atoms with Gasteiger partial charge in [-0.2, -0.15) is 0 Å². The molecule has 5 atom stereocenters. The Bertz CT molecular complexity index is 932. The van der Waals surface area contributed by atoms with Crippen molar-refractivity contribution in [2.75, 3.05) is 18.4 Å². The summed E-state index contributed by atoms with van der Waals surface area (Å²) in [6.07, 6.45) is 12.2. The van der Waals surface area contributed by atoms with E-state index in [1.54, 1.807) is 6.20 Å². The highest BCUT2D eigenvalue weighted by Gasteiger charge is 2.54. The van der Waals surface area contributed by atoms with Crippen molar-refractivity contribution in [2.24, 2.45) is 17.8 Å². The maximum Gasteiger partial charge on any atom is 0.257 e. The second-order valence-corrected chi connectivity index (χ2v) is 10.0. The van der Waals surface area contributed by atoms with E-state index in [9.17, 15) is 9.90 Å². The number of aromatic nitrogens is 2. The van der Waals surface area contributed by atoms with Gasteiger partial charge in [-0.05, 0) is 75.2 Å². The van der Waals surface area contributed by atoms with E-state index < -0.39 is 5.60 Å². The third-order valence-corrected chi connectivity index (χ3v) is 8.01. The highest BCUT2D eigenvalue weighted by atomic mass is 16.3. The minimum Gasteiger partial charge on any atom is -0.390 e. The smallest absolute Gasteiger partial charge is 0.257 e. The Morgan fingerprint density at radius 2 is 1.93 bits per heavy atom. The number of nitrogens with one attached hydrogen (secondary N) is 2. The number of rotatable bonds is 3. The molecule has 2 aromatic heterocycles. The zero-order valence-corrected chi connectivity index (χ0v) is 16.9. The van der Waals surface area contributed by atoms with Crippen LogP contribution < -0.4 is 5.32 Å². The summed E-state index contributed by atoms with van der Waals surface area (Å²) in [6, 6.07) is 2.36. The fourth-order valence-corrected chi connectivity index (χ4v) is 6.98. The number of anilines is 1. The minimum atomic E-state index is -0.442. The van der Waals surface area contributed by atoms with Crippen LogP contribution in [-0.2, 0) is 0 Å². The van der Waals surface area contributed by atoms with E-state index >= 15 is 0 Å². The van der Waals surface area contributed by atoms with Crippen LogP contribution in [0.4, 0.5) is 5.69 Å². The molecule has 5 aliphatic rings. The van der Waals surface area contributed by atoms with Crippen LogP contribution in [-0.4, -0.2) is 50.6 Å². The Kier molecular flexibility index (Phi) is 3.95. The van der Waals surface area contributed by atoms with Gasteiger partial charge in [-0.1, -0.05) is 0 Å². The van der Waals surface area contributed by atoms with Gasteiger partial charge in [0.25, 0.3) is 5.91 Å². The molecular formula is C23H30N4O2. The first-order valence-electron chi connectivity index (χ1n) is 11.3. The van der Waals surface area contributed by atoms with Crippen LogP contribution in [0.15, 0.2) is 18.5 Å². The molecule has 1 aliphatic heterocycles. The summed E-state index contributed by atoms with van der Waals surface area (Å²) in [7, 11) is 0. The Labute approximate surface area is 171 Å². The maximum atomic E-state index is 13.4. The largest absolute Gasteiger partial charge is 0.390 e. The number of hydrogen-bond acceptors (Lipinski definition) is 4. The second-order valence-electron chi connectivity index (χ2n) is 10.0. The lowest BCUT2D eigenvalue weighted by Gasteiger charge is -2.58. The Morgan fingerprint density at radius 3 is 2.66 bits per heavy atom. The van der Waals surface area contributed by atoms with E-state index in [-0.39, 0.29) is 5.91 Å². The monoisotopic (exact) mass is 394 g/mol. The van der Waals surface area contributed by atoms with Gasteiger partial charge in [-0.15, -0.1) is 0 Å². The number of amides is 1. The number of carbonyl (C=O) groups excluding carboxylic acids is 1. The van der Waals surface area contributed by atoms with Crippen molar-refractivity contribution >= 4 is 22.6 Å². The lowest BCUT2D eigenvalue weighted by molar-refractivity contribution is -0.129. The fourth-order valence-electron chi connectivity index (χ4n) is 6.98. The molecule has 2 aromatic rings. The minimum absolute atomic E-state index is 0.102. The van der Waals surface area contributed by atoms with Gasteiger partial charge in [0.05, 0.1) is 16.9 Å². The van der Waals surface area contributed by atoms with E-state index in [0.717, 1.165) is 61.9 Å². The van der Waals surface area contributed by atoms with Crippen molar-refractivity contribution in [2.45, 2.75) is 63.0 Å². The summed E-state index contributed by atoms with van der Waals surface area (Å²) in [5, 5.41) is 15.8. The Morgan fingerprint density at radius 1 is 1.17 bits per heavy atom. The lowest BCUT2D eigenvalue weighted by atomic mass is 9.52. The number of likely N-dealkylation sites (tertiary alicyclic amines) is 1. The van der Waals surface area contributed by atoms with Crippen molar-refractivity contribution in [3.8, 4) is 0 Å². The molecule has 6 nitrogen and oxygen atoms in total. The fraction of sp³-hybridized carbons (Fsp3) is 0.652. The van der Waals surface area contributed by atoms with Crippen molar-refractivity contribution in [3.63, 3.8) is 0 Å². The Balaban J connectivity index is 1.36. The number of nitrogens with zero attached hydrogens (tertiary/aromatic N) is 2. The SMILES string of the molecule is O=C(c1cnc2[nH]ccc2c1N[C@H]1[C@@H]2CC3C[C@H]1C[C@@](O)(C3)C2)N1CCCCC1. The highest BCUT2D eigenvalue weighted by molar-refractivity contribution is 6.06. The molecule has 1 amide bonds. The molecule has 154 valence electrons. The highest BCUT2D eigenvalue weighted by Crippen LogP contribution is 2.56. The molecule has 3 heterocycles. The number of aromatic amines is 1. The molecule has 4 saturated carbocycles. The van der Waals surface area contributed by atoms with Gasteiger partial charge in [0.1, 0.15) is 5.65 Å². The number of hydrogen-bond donors (Lipinski definition) is 3. The van der Waals surface area contributed by atoms with Crippen LogP contribution in [0.2, 0.25) is 0 Å². The summed E-state index contributed by atoms with van der Waals surface area (Å²) in [4.78, 5) is 23.1. The van der Waals surface area contributed by atoms with E-state index in [0.29, 0.717) is 29.4 Å². The van der Waals surface area contributed by atoms with Crippen LogP contribution >= 0.6 is 0 Å². The zero-order valence-electron chi connectivity index (χ0n) is 16.9. The molecule has 3 N–H and O–H groups in total. The van der Waals surface area contributed by atoms with E-state index in [1.165, 1.54) is 19.3 Å². The van der Waals surface area contributed by atoms with Gasteiger partial charge >= 0.3 is 0 Å². The van der Waals surface area contributed by atoms with Gasteiger partial charge in [0.2, 0.25) is 0 Å². The molecule has 5 fully saturated rings. The summed E-state index contributed by atoms with van der Waals surface area (Å²) >= 11 is 0. The quantitative estimate of drug-likeness (QED) is 0.744. The molecular weight excluding hydrogens is 364 g/mol. The zero-order chi connectivity index (χ0) is 19.6. The lowest BCUT2D eigenvalue weighted by Crippen LogP contribution is -2.59. The number of H-pyrrole nitrogens is 1. The van der Waals surface area contributed by atoms with Gasteiger partial charge < -0.3 is 20.3 Å². The van der Waals surface area contributed by atoms with Gasteiger partial charge in [-0.3, -0.25) is 4.79 Å². The average molecular weight is 395 g/mol. The maximum absolute atomic E-state index is 13.4. The molecule has 29 heavy (non-hydrogen) atoms. The average Bonchev–Trinajstić information content (AvgIpc) is 3.19. The number of aliphatic hydroxyl groups is 1. The number of fused-ring (bicyclic) bond motifs is 1. The number of piperidine rings is 1. The topological polar surface area (TPSA) is 81.2 Å². The molecule has 1 unspecified atom stereocenters. The molecule has 4 bridgehead atoms. The second kappa shape index (κ2) is 6.46. The first-order valence-corrected chi connectivity index (χ1v) is 11.3. The van der Waals surface area contributed by atoms with E-state index in [2.05, 4.69) is 15.3 Å². The predicted octanol–water partition coefficient (Wildman–Crippen LogP) is 3.54. The van der Waals surface area contributed by atoms with Crippen LogP contribution in [0.5, 0.6) is 0 Å². The predicted molar refractivity (Wildman–Crippen MR) is 112 cm³/mol. The van der Waals surface area contributed by atoms with E-state index in [1.807, 2.05) is 17.2 Å². The van der Waals surface area contributed by atoms with Crippen LogP contribution in [0.3, 0.4) is 0 Å². The first-order chi connectivity index (χ1) is 14.1. The van der Waals surface area contributed by atoms with Crippen LogP contribution in [0, 0.1) is 17.8 Å². The summed E-state index contributed by atoms with van der Waals surface area (Å²) in [6.45, 7) is 1.68. The number of carbonyl (C=O) groups is 1. The molecule has 6 heteroatoms. The standard InChI is InChI=1S/C23H30N4O2/c28-22(27-6-2-1-3-7-27)18-13-25-21-17(4-5-24-21)20(18)26-19-15-8-14-9-16(19)12-23(29,10-14)11-15/h4-5,13-16,19,29H,1-3,6-12H2,(H2,24,25,26)/t14?,15-,16+,19+,23-. The molecule has 0 radical (unpaired) electrons. The normalized spacial score (nSPS) is 36.0. The first kappa shape index (κ1) is 17.8. The van der Waals surface area contributed by atoms with Gasteiger partial charge in [-0.25, -0.2) is 4.98 Å². The third-order valence-electron chi connectivity index (χ3n) is 8.01. The molecule has 1 saturated heterocycles. The van der Waals surface area contributed by atoms with Crippen molar-refractivity contribution in [1.29, 1.82) is 0 Å². The summed E-state index contributed by atoms with van der Waals surface area (Å²) in [5.74, 6) is 1.76. The van der Waals surface area contributed by atoms with Crippen molar-refractivity contribution in [1.82, 2.24) is 14.9 Å². The molecule has 0 spiro atoms. The van der Waals surface area contributed by atoms with E-state index in [4.69, 9.17) is 0 Å².